The van der Waals surface area contributed by atoms with E-state index in [4.69, 9.17) is 23.4 Å². The topological polar surface area (TPSA) is 46.2 Å². The first kappa shape index (κ1) is 39.3. The van der Waals surface area contributed by atoms with Gasteiger partial charge >= 0.3 is 0 Å². The highest BCUT2D eigenvalue weighted by Gasteiger charge is 2.40. The van der Waals surface area contributed by atoms with Crippen LogP contribution in [0.1, 0.15) is 54.2 Å². The van der Waals surface area contributed by atoms with Crippen LogP contribution in [0.4, 0.5) is 0 Å². The van der Waals surface area contributed by atoms with Crippen LogP contribution in [0.5, 0.6) is 17.2 Å². The van der Waals surface area contributed by atoms with Gasteiger partial charge in [-0.05, 0) is 76.8 Å². The average molecular weight is 749 g/mol. The second-order valence-corrected chi connectivity index (χ2v) is 19.9. The molecule has 0 amide bonds. The third kappa shape index (κ3) is 11.1. The van der Waals surface area contributed by atoms with Gasteiger partial charge in [0.1, 0.15) is 30.5 Å². The van der Waals surface area contributed by atoms with E-state index >= 15 is 0 Å². The Morgan fingerprint density at radius 1 is 0.491 bits per heavy atom. The molecule has 0 aromatic heterocycles. The molecule has 0 N–H and O–H groups in total. The molecule has 282 valence electrons. The summed E-state index contributed by atoms with van der Waals surface area (Å²) in [6, 6.07) is 54.8. The molecular formula is C49H52O5Si. The minimum absolute atomic E-state index is 0.0285. The molecule has 0 saturated heterocycles. The second kappa shape index (κ2) is 18.3. The van der Waals surface area contributed by atoms with Gasteiger partial charge in [0.2, 0.25) is 14.1 Å². The lowest BCUT2D eigenvalue weighted by Crippen LogP contribution is -2.44. The zero-order valence-corrected chi connectivity index (χ0v) is 33.6. The molecule has 6 aromatic rings. The van der Waals surface area contributed by atoms with Gasteiger partial charge in [-0.15, -0.1) is 0 Å². The highest BCUT2D eigenvalue weighted by molar-refractivity contribution is 6.74. The van der Waals surface area contributed by atoms with Crippen LogP contribution in [0.25, 0.3) is 6.08 Å². The number of benzene rings is 6. The fourth-order valence-corrected chi connectivity index (χ4v) is 6.72. The van der Waals surface area contributed by atoms with Crippen LogP contribution in [0.3, 0.4) is 0 Å². The molecule has 0 heterocycles. The van der Waals surface area contributed by atoms with E-state index in [0.717, 1.165) is 39.1 Å². The molecule has 0 bridgehead atoms. The zero-order chi connectivity index (χ0) is 38.6. The predicted octanol–water partition coefficient (Wildman–Crippen LogP) is 12.5. The lowest BCUT2D eigenvalue weighted by atomic mass is 10.0. The van der Waals surface area contributed by atoms with Crippen LogP contribution >= 0.6 is 0 Å². The van der Waals surface area contributed by atoms with E-state index < -0.39 is 14.1 Å². The van der Waals surface area contributed by atoms with E-state index in [0.29, 0.717) is 37.9 Å². The Morgan fingerprint density at radius 3 is 1.49 bits per heavy atom. The largest absolute Gasteiger partial charge is 0.543 e. The Bertz CT molecular complexity index is 2050. The summed E-state index contributed by atoms with van der Waals surface area (Å²) in [4.78, 5) is 0. The van der Waals surface area contributed by atoms with E-state index in [9.17, 15) is 0 Å². The van der Waals surface area contributed by atoms with Gasteiger partial charge in [-0.1, -0.05) is 154 Å². The summed E-state index contributed by atoms with van der Waals surface area (Å²) >= 11 is 0. The number of hydrogen-bond donors (Lipinski definition) is 0. The van der Waals surface area contributed by atoms with Crippen molar-refractivity contribution < 1.29 is 23.4 Å². The summed E-state index contributed by atoms with van der Waals surface area (Å²) in [5, 5.41) is 0.0285. The van der Waals surface area contributed by atoms with Crippen LogP contribution in [0.15, 0.2) is 170 Å². The molecule has 6 rings (SSSR count). The van der Waals surface area contributed by atoms with Crippen LogP contribution in [0, 0.1) is 0 Å². The molecule has 0 aliphatic carbocycles. The van der Waals surface area contributed by atoms with Crippen molar-refractivity contribution in [2.24, 2.45) is 0 Å². The fourth-order valence-electron chi connectivity index (χ4n) is 5.70. The second-order valence-electron chi connectivity index (χ2n) is 15.2. The van der Waals surface area contributed by atoms with Crippen molar-refractivity contribution >= 4 is 14.4 Å². The van der Waals surface area contributed by atoms with Gasteiger partial charge in [0.25, 0.3) is 0 Å². The predicted molar refractivity (Wildman–Crippen MR) is 225 cm³/mol. The smallest absolute Gasteiger partial charge is 0.250 e. The highest BCUT2D eigenvalue weighted by Crippen LogP contribution is 2.40. The van der Waals surface area contributed by atoms with Gasteiger partial charge < -0.3 is 23.4 Å². The molecule has 6 aromatic carbocycles. The first-order valence-electron chi connectivity index (χ1n) is 18.9. The highest BCUT2D eigenvalue weighted by atomic mass is 28.4. The maximum Gasteiger partial charge on any atom is 0.250 e. The standard InChI is InChI=1S/C49H52O5Si/c1-48(2,3)55(4,5)54-46-28-18-27-44(33-46)49(52-37-41-23-14-8-15-24-41,53-38-42-25-16-9-17-26-42)32-31-43-29-30-45(50-35-39-19-10-6-11-20-39)34-47(43)51-36-40-21-12-7-13-22-40/h6-34H,35-38H2,1-5H3/b32-31+. The zero-order valence-electron chi connectivity index (χ0n) is 32.6. The lowest BCUT2D eigenvalue weighted by Gasteiger charge is -2.37. The Kier molecular flexibility index (Phi) is 13.1. The molecule has 0 fully saturated rings. The quantitative estimate of drug-likeness (QED) is 0.0686. The summed E-state index contributed by atoms with van der Waals surface area (Å²) in [6.45, 7) is 12.7. The van der Waals surface area contributed by atoms with Crippen molar-refractivity contribution in [1.29, 1.82) is 0 Å². The summed E-state index contributed by atoms with van der Waals surface area (Å²) in [5.41, 5.74) is 5.90. The van der Waals surface area contributed by atoms with Crippen molar-refractivity contribution in [3.63, 3.8) is 0 Å². The monoisotopic (exact) mass is 748 g/mol. The molecule has 0 aliphatic rings. The van der Waals surface area contributed by atoms with Crippen molar-refractivity contribution in [3.05, 3.63) is 203 Å². The van der Waals surface area contributed by atoms with Gasteiger partial charge in [-0.3, -0.25) is 0 Å². The van der Waals surface area contributed by atoms with Crippen LogP contribution in [0.2, 0.25) is 18.1 Å². The Hall–Kier alpha value is -5.40. The maximum atomic E-state index is 6.96. The van der Waals surface area contributed by atoms with Crippen LogP contribution < -0.4 is 13.9 Å². The van der Waals surface area contributed by atoms with Gasteiger partial charge in [-0.2, -0.15) is 0 Å². The fraction of sp³-hybridized carbons (Fsp3) is 0.224. The molecule has 6 heteroatoms. The van der Waals surface area contributed by atoms with Gasteiger partial charge in [0.05, 0.1) is 13.2 Å². The molecule has 0 aliphatic heterocycles. The average Bonchev–Trinajstić information content (AvgIpc) is 3.20. The molecule has 0 saturated carbocycles. The molecule has 0 spiro atoms. The summed E-state index contributed by atoms with van der Waals surface area (Å²) < 4.78 is 33.5. The lowest BCUT2D eigenvalue weighted by molar-refractivity contribution is -0.226. The molecular weight excluding hydrogens is 697 g/mol. The number of ether oxygens (including phenoxy) is 4. The van der Waals surface area contributed by atoms with E-state index in [1.165, 1.54) is 0 Å². The minimum atomic E-state index is -2.15. The van der Waals surface area contributed by atoms with Crippen molar-refractivity contribution in [1.82, 2.24) is 0 Å². The normalized spacial score (nSPS) is 12.1. The molecule has 55 heavy (non-hydrogen) atoms. The first-order chi connectivity index (χ1) is 26.6. The summed E-state index contributed by atoms with van der Waals surface area (Å²) in [5.74, 6) is 0.880. The third-order valence-corrected chi connectivity index (χ3v) is 14.3. The van der Waals surface area contributed by atoms with Crippen molar-refractivity contribution in [2.45, 2.75) is 71.1 Å². The van der Waals surface area contributed by atoms with Crippen LogP contribution in [-0.4, -0.2) is 8.32 Å². The SMILES string of the molecule is CC(C)(C)[Si](C)(C)Oc1cccc(C(/C=C/c2ccc(OCc3ccccc3)cc2OCc2ccccc2)(OCc2ccccc2)OCc2ccccc2)c1. The Balaban J connectivity index is 1.41. The first-order valence-corrected chi connectivity index (χ1v) is 21.8. The van der Waals surface area contributed by atoms with E-state index in [2.05, 4.69) is 88.5 Å². The van der Waals surface area contributed by atoms with Gasteiger partial charge in [-0.25, -0.2) is 0 Å². The van der Waals surface area contributed by atoms with Crippen molar-refractivity contribution in [2.75, 3.05) is 0 Å². The van der Waals surface area contributed by atoms with E-state index in [1.807, 2.05) is 121 Å². The van der Waals surface area contributed by atoms with Gasteiger partial charge in [0, 0.05) is 17.2 Å². The summed E-state index contributed by atoms with van der Waals surface area (Å²) in [6.07, 6.45) is 4.03. The maximum absolute atomic E-state index is 6.96. The van der Waals surface area contributed by atoms with E-state index in [-0.39, 0.29) is 5.04 Å². The molecule has 0 radical (unpaired) electrons. The molecule has 0 atom stereocenters. The van der Waals surface area contributed by atoms with Crippen molar-refractivity contribution in [3.8, 4) is 17.2 Å². The van der Waals surface area contributed by atoms with Gasteiger partial charge in [0.15, 0.2) is 0 Å². The Labute approximate surface area is 328 Å². The minimum Gasteiger partial charge on any atom is -0.543 e. The van der Waals surface area contributed by atoms with Crippen LogP contribution in [-0.2, 0) is 41.7 Å². The molecule has 5 nitrogen and oxygen atoms in total. The third-order valence-electron chi connectivity index (χ3n) is 9.96. The summed E-state index contributed by atoms with van der Waals surface area (Å²) in [7, 11) is -2.15. The molecule has 0 unspecified atom stereocenters. The number of rotatable bonds is 17. The number of hydrogen-bond acceptors (Lipinski definition) is 5. The Morgan fingerprint density at radius 2 is 0.982 bits per heavy atom. The van der Waals surface area contributed by atoms with E-state index in [1.54, 1.807) is 0 Å².